The molecule has 0 spiro atoms. The Kier molecular flexibility index (Phi) is 7.91. The summed E-state index contributed by atoms with van der Waals surface area (Å²) in [5.74, 6) is 0.0192. The van der Waals surface area contributed by atoms with Gasteiger partial charge in [0, 0.05) is 11.8 Å². The number of ether oxygens (including phenoxy) is 1. The van der Waals surface area contributed by atoms with Crippen LogP contribution in [0.5, 0.6) is 0 Å². The van der Waals surface area contributed by atoms with Crippen LogP contribution >= 0.6 is 15.9 Å². The summed E-state index contributed by atoms with van der Waals surface area (Å²) in [4.78, 5) is 11.5. The molecule has 0 atom stereocenters. The predicted molar refractivity (Wildman–Crippen MR) is 69.8 cm³/mol. The van der Waals surface area contributed by atoms with Gasteiger partial charge in [0.05, 0.1) is 0 Å². The van der Waals surface area contributed by atoms with E-state index in [2.05, 4.69) is 15.9 Å². The van der Waals surface area contributed by atoms with Gasteiger partial charge in [-0.2, -0.15) is 0 Å². The molecule has 16 heavy (non-hydrogen) atoms. The van der Waals surface area contributed by atoms with E-state index < -0.39 is 0 Å². The maximum atomic E-state index is 11.5. The Morgan fingerprint density at radius 2 is 1.75 bits per heavy atom. The molecule has 0 aromatic rings. The molecule has 0 aromatic carbocycles. The second-order valence-electron chi connectivity index (χ2n) is 4.60. The molecule has 1 saturated carbocycles. The second kappa shape index (κ2) is 9.03. The van der Waals surface area contributed by atoms with Gasteiger partial charge in [-0.1, -0.05) is 35.2 Å². The third-order valence-electron chi connectivity index (χ3n) is 3.11. The first-order chi connectivity index (χ1) is 7.83. The van der Waals surface area contributed by atoms with Gasteiger partial charge in [-0.25, -0.2) is 0 Å². The number of hydrogen-bond donors (Lipinski definition) is 0. The van der Waals surface area contributed by atoms with E-state index in [1.165, 1.54) is 32.1 Å². The van der Waals surface area contributed by atoms with Crippen LogP contribution in [-0.2, 0) is 9.53 Å². The van der Waals surface area contributed by atoms with Crippen molar-refractivity contribution in [2.75, 3.05) is 5.33 Å². The molecule has 94 valence electrons. The van der Waals surface area contributed by atoms with E-state index in [1.807, 2.05) is 0 Å². The van der Waals surface area contributed by atoms with Gasteiger partial charge in [-0.15, -0.1) is 0 Å². The van der Waals surface area contributed by atoms with Gasteiger partial charge in [0.25, 0.3) is 0 Å². The molecule has 0 unspecified atom stereocenters. The van der Waals surface area contributed by atoms with Crippen LogP contribution in [0.15, 0.2) is 0 Å². The Hall–Kier alpha value is -0.0500. The van der Waals surface area contributed by atoms with Crippen LogP contribution < -0.4 is 0 Å². The molecule has 0 radical (unpaired) electrons. The van der Waals surface area contributed by atoms with Crippen LogP contribution in [0.25, 0.3) is 0 Å². The summed E-state index contributed by atoms with van der Waals surface area (Å²) in [6.45, 7) is 0. The van der Waals surface area contributed by atoms with E-state index in [0.29, 0.717) is 6.42 Å². The van der Waals surface area contributed by atoms with Crippen molar-refractivity contribution >= 4 is 21.9 Å². The summed E-state index contributed by atoms with van der Waals surface area (Å²) in [7, 11) is 0. The van der Waals surface area contributed by atoms with E-state index in [1.54, 1.807) is 0 Å². The summed E-state index contributed by atoms with van der Waals surface area (Å²) in [5.41, 5.74) is 0. The second-order valence-corrected chi connectivity index (χ2v) is 5.40. The molecule has 0 amide bonds. The molecular weight excluding hydrogens is 268 g/mol. The first kappa shape index (κ1) is 14.0. The number of halogens is 1. The number of esters is 1. The molecule has 0 bridgehead atoms. The zero-order valence-electron chi connectivity index (χ0n) is 10.0. The SMILES string of the molecule is O=C(CCCCCCBr)OC1CCCCC1. The molecule has 0 aliphatic heterocycles. The largest absolute Gasteiger partial charge is 0.462 e. The van der Waals surface area contributed by atoms with Crippen LogP contribution in [0.4, 0.5) is 0 Å². The third-order valence-corrected chi connectivity index (χ3v) is 3.68. The van der Waals surface area contributed by atoms with Crippen molar-refractivity contribution in [3.63, 3.8) is 0 Å². The summed E-state index contributed by atoms with van der Waals surface area (Å²) >= 11 is 3.40. The Balaban J connectivity index is 1.97. The summed E-state index contributed by atoms with van der Waals surface area (Å²) in [6.07, 6.45) is 11.3. The fourth-order valence-electron chi connectivity index (χ4n) is 2.15. The molecule has 0 N–H and O–H groups in total. The first-order valence-electron chi connectivity index (χ1n) is 6.58. The maximum Gasteiger partial charge on any atom is 0.306 e. The molecule has 2 nitrogen and oxygen atoms in total. The quantitative estimate of drug-likeness (QED) is 0.399. The minimum atomic E-state index is 0.0192. The monoisotopic (exact) mass is 290 g/mol. The van der Waals surface area contributed by atoms with Gasteiger partial charge in [0.2, 0.25) is 0 Å². The van der Waals surface area contributed by atoms with E-state index >= 15 is 0 Å². The lowest BCUT2D eigenvalue weighted by atomic mass is 9.98. The topological polar surface area (TPSA) is 26.3 Å². The number of alkyl halides is 1. The lowest BCUT2D eigenvalue weighted by Gasteiger charge is -2.21. The predicted octanol–water partition coefficient (Wildman–Crippen LogP) is 4.21. The Morgan fingerprint density at radius 3 is 2.44 bits per heavy atom. The zero-order valence-corrected chi connectivity index (χ0v) is 11.6. The summed E-state index contributed by atoms with van der Waals surface area (Å²) < 4.78 is 5.45. The molecule has 1 rings (SSSR count). The first-order valence-corrected chi connectivity index (χ1v) is 7.70. The number of carbonyl (C=O) groups excluding carboxylic acids is 1. The Morgan fingerprint density at radius 1 is 1.06 bits per heavy atom. The lowest BCUT2D eigenvalue weighted by molar-refractivity contribution is -0.150. The van der Waals surface area contributed by atoms with Crippen molar-refractivity contribution in [2.45, 2.75) is 70.3 Å². The lowest BCUT2D eigenvalue weighted by Crippen LogP contribution is -2.20. The normalized spacial score (nSPS) is 17.3. The highest BCUT2D eigenvalue weighted by atomic mass is 79.9. The fourth-order valence-corrected chi connectivity index (χ4v) is 2.54. The van der Waals surface area contributed by atoms with E-state index in [9.17, 15) is 4.79 Å². The molecule has 0 heterocycles. The van der Waals surface area contributed by atoms with Crippen molar-refractivity contribution in [3.8, 4) is 0 Å². The molecule has 1 aliphatic rings. The van der Waals surface area contributed by atoms with Crippen molar-refractivity contribution < 1.29 is 9.53 Å². The molecule has 0 saturated heterocycles. The van der Waals surface area contributed by atoms with Crippen LogP contribution in [0.2, 0.25) is 0 Å². The number of hydrogen-bond acceptors (Lipinski definition) is 2. The Bertz CT molecular complexity index is 188. The smallest absolute Gasteiger partial charge is 0.306 e. The van der Waals surface area contributed by atoms with Crippen LogP contribution in [0, 0.1) is 0 Å². The molecule has 1 aliphatic carbocycles. The number of rotatable bonds is 7. The number of carbonyl (C=O) groups is 1. The van der Waals surface area contributed by atoms with Gasteiger partial charge in [-0.3, -0.25) is 4.79 Å². The fraction of sp³-hybridized carbons (Fsp3) is 0.923. The Labute approximate surface area is 107 Å². The van der Waals surface area contributed by atoms with Gasteiger partial charge >= 0.3 is 5.97 Å². The molecule has 3 heteroatoms. The number of unbranched alkanes of at least 4 members (excludes halogenated alkanes) is 3. The van der Waals surface area contributed by atoms with Crippen LogP contribution in [0.3, 0.4) is 0 Å². The highest BCUT2D eigenvalue weighted by Gasteiger charge is 2.16. The third kappa shape index (κ3) is 6.51. The average molecular weight is 291 g/mol. The van der Waals surface area contributed by atoms with Gasteiger partial charge < -0.3 is 4.74 Å². The van der Waals surface area contributed by atoms with Crippen molar-refractivity contribution in [3.05, 3.63) is 0 Å². The molecular formula is C13H23BrO2. The minimum absolute atomic E-state index is 0.0192. The van der Waals surface area contributed by atoms with E-state index in [0.717, 1.165) is 31.0 Å². The van der Waals surface area contributed by atoms with Crippen LogP contribution in [0.1, 0.15) is 64.2 Å². The van der Waals surface area contributed by atoms with Crippen molar-refractivity contribution in [2.24, 2.45) is 0 Å². The average Bonchev–Trinajstić information content (AvgIpc) is 2.30. The summed E-state index contributed by atoms with van der Waals surface area (Å²) in [5, 5.41) is 1.07. The summed E-state index contributed by atoms with van der Waals surface area (Å²) in [6, 6.07) is 0. The van der Waals surface area contributed by atoms with Gasteiger partial charge in [0.1, 0.15) is 6.10 Å². The van der Waals surface area contributed by atoms with E-state index in [4.69, 9.17) is 4.74 Å². The van der Waals surface area contributed by atoms with Gasteiger partial charge in [-0.05, 0) is 38.5 Å². The van der Waals surface area contributed by atoms with E-state index in [-0.39, 0.29) is 12.1 Å². The van der Waals surface area contributed by atoms with Crippen molar-refractivity contribution in [1.29, 1.82) is 0 Å². The maximum absolute atomic E-state index is 11.5. The minimum Gasteiger partial charge on any atom is -0.462 e. The van der Waals surface area contributed by atoms with Gasteiger partial charge in [0.15, 0.2) is 0 Å². The van der Waals surface area contributed by atoms with Crippen molar-refractivity contribution in [1.82, 2.24) is 0 Å². The zero-order chi connectivity index (χ0) is 11.6. The molecule has 1 fully saturated rings. The van der Waals surface area contributed by atoms with Crippen LogP contribution in [-0.4, -0.2) is 17.4 Å². The molecule has 0 aromatic heterocycles. The highest BCUT2D eigenvalue weighted by Crippen LogP contribution is 2.21. The standard InChI is InChI=1S/C13H23BrO2/c14-11-7-2-1-6-10-13(15)16-12-8-4-3-5-9-12/h12H,1-11H2. The highest BCUT2D eigenvalue weighted by molar-refractivity contribution is 9.09.